The zero-order valence-corrected chi connectivity index (χ0v) is 16.1. The van der Waals surface area contributed by atoms with Crippen molar-refractivity contribution in [2.45, 2.75) is 58.8 Å². The third-order valence-corrected chi connectivity index (χ3v) is 5.77. The highest BCUT2D eigenvalue weighted by molar-refractivity contribution is 5.65. The predicted octanol–water partition coefficient (Wildman–Crippen LogP) is 7.04. The zero-order valence-electron chi connectivity index (χ0n) is 16.1. The van der Waals surface area contributed by atoms with Crippen LogP contribution < -0.4 is 4.74 Å². The van der Waals surface area contributed by atoms with Crippen molar-refractivity contribution in [1.82, 2.24) is 0 Å². The van der Waals surface area contributed by atoms with Crippen molar-refractivity contribution >= 4 is 0 Å². The highest BCUT2D eigenvalue weighted by Crippen LogP contribution is 2.32. The summed E-state index contributed by atoms with van der Waals surface area (Å²) >= 11 is 0. The fraction of sp³-hybridized carbons (Fsp3) is 0.500. The van der Waals surface area contributed by atoms with Gasteiger partial charge in [-0.3, -0.25) is 0 Å². The van der Waals surface area contributed by atoms with Crippen molar-refractivity contribution in [2.75, 3.05) is 6.61 Å². The first-order chi connectivity index (χ1) is 12.7. The lowest BCUT2D eigenvalue weighted by molar-refractivity contribution is 0.180. The number of hydrogen-bond acceptors (Lipinski definition) is 1. The number of hydrogen-bond donors (Lipinski definition) is 0. The number of halogens is 1. The van der Waals surface area contributed by atoms with Crippen LogP contribution in [0.4, 0.5) is 4.39 Å². The monoisotopic (exact) mass is 354 g/mol. The van der Waals surface area contributed by atoms with Crippen LogP contribution in [0.3, 0.4) is 0 Å². The third-order valence-electron chi connectivity index (χ3n) is 5.77. The first-order valence-electron chi connectivity index (χ1n) is 10.2. The maximum Gasteiger partial charge on any atom is 0.134 e. The summed E-state index contributed by atoms with van der Waals surface area (Å²) in [6, 6.07) is 13.5. The summed E-state index contributed by atoms with van der Waals surface area (Å²) in [6.45, 7) is 5.16. The lowest BCUT2D eigenvalue weighted by atomic mass is 9.81. The summed E-state index contributed by atoms with van der Waals surface area (Å²) in [4.78, 5) is 0. The summed E-state index contributed by atoms with van der Waals surface area (Å²) in [7, 11) is 0. The molecule has 0 aliphatic heterocycles. The normalized spacial score (nSPS) is 20.1. The van der Waals surface area contributed by atoms with Crippen LogP contribution in [0, 0.1) is 17.7 Å². The van der Waals surface area contributed by atoms with E-state index in [1.54, 1.807) is 0 Å². The van der Waals surface area contributed by atoms with Gasteiger partial charge >= 0.3 is 0 Å². The van der Waals surface area contributed by atoms with Crippen LogP contribution in [0.2, 0.25) is 0 Å². The molecule has 0 N–H and O–H groups in total. The summed E-state index contributed by atoms with van der Waals surface area (Å²) < 4.78 is 20.5. The van der Waals surface area contributed by atoms with Crippen molar-refractivity contribution in [3.05, 3.63) is 53.8 Å². The molecule has 0 heterocycles. The van der Waals surface area contributed by atoms with Crippen LogP contribution in [0.25, 0.3) is 11.1 Å². The molecule has 3 rings (SSSR count). The topological polar surface area (TPSA) is 9.23 Å². The van der Waals surface area contributed by atoms with Gasteiger partial charge in [-0.1, -0.05) is 63.8 Å². The number of rotatable bonds is 7. The second-order valence-corrected chi connectivity index (χ2v) is 7.69. The van der Waals surface area contributed by atoms with Gasteiger partial charge < -0.3 is 4.74 Å². The Morgan fingerprint density at radius 3 is 2.23 bits per heavy atom. The second kappa shape index (κ2) is 9.21. The molecule has 0 saturated heterocycles. The molecular formula is C24H31FO. The minimum Gasteiger partial charge on any atom is -0.493 e. The van der Waals surface area contributed by atoms with Crippen molar-refractivity contribution in [2.24, 2.45) is 11.8 Å². The maximum atomic E-state index is 14.6. The molecule has 0 atom stereocenters. The van der Waals surface area contributed by atoms with Gasteiger partial charge in [-0.15, -0.1) is 0 Å². The summed E-state index contributed by atoms with van der Waals surface area (Å²) in [5.41, 5.74) is 2.87. The van der Waals surface area contributed by atoms with E-state index in [1.807, 2.05) is 24.3 Å². The predicted molar refractivity (Wildman–Crippen MR) is 107 cm³/mol. The first kappa shape index (κ1) is 18.9. The molecule has 26 heavy (non-hydrogen) atoms. The van der Waals surface area contributed by atoms with E-state index in [0.717, 1.165) is 24.3 Å². The molecule has 1 nitrogen and oxygen atoms in total. The zero-order chi connectivity index (χ0) is 18.4. The van der Waals surface area contributed by atoms with Gasteiger partial charge in [0.15, 0.2) is 0 Å². The highest BCUT2D eigenvalue weighted by Gasteiger charge is 2.20. The molecule has 0 unspecified atom stereocenters. The van der Waals surface area contributed by atoms with Crippen LogP contribution in [-0.4, -0.2) is 6.61 Å². The molecule has 2 heteroatoms. The largest absolute Gasteiger partial charge is 0.493 e. The Hall–Kier alpha value is -1.83. The Morgan fingerprint density at radius 2 is 1.62 bits per heavy atom. The van der Waals surface area contributed by atoms with E-state index in [-0.39, 0.29) is 5.82 Å². The van der Waals surface area contributed by atoms with Gasteiger partial charge in [0.1, 0.15) is 11.6 Å². The van der Waals surface area contributed by atoms with Crippen LogP contribution in [-0.2, 0) is 6.42 Å². The Morgan fingerprint density at radius 1 is 0.923 bits per heavy atom. The smallest absolute Gasteiger partial charge is 0.134 e. The summed E-state index contributed by atoms with van der Waals surface area (Å²) in [5, 5.41) is 0. The van der Waals surface area contributed by atoms with E-state index in [4.69, 9.17) is 4.74 Å². The van der Waals surface area contributed by atoms with Crippen molar-refractivity contribution in [3.63, 3.8) is 0 Å². The van der Waals surface area contributed by atoms with Crippen molar-refractivity contribution in [1.29, 1.82) is 0 Å². The maximum absolute atomic E-state index is 14.6. The van der Waals surface area contributed by atoms with Gasteiger partial charge in [-0.05, 0) is 54.4 Å². The fourth-order valence-electron chi connectivity index (χ4n) is 3.98. The summed E-state index contributed by atoms with van der Waals surface area (Å²) in [6.07, 6.45) is 8.58. The van der Waals surface area contributed by atoms with Crippen LogP contribution >= 0.6 is 0 Å². The van der Waals surface area contributed by atoms with Gasteiger partial charge in [0.25, 0.3) is 0 Å². The van der Waals surface area contributed by atoms with Gasteiger partial charge in [0.05, 0.1) is 6.61 Å². The van der Waals surface area contributed by atoms with E-state index < -0.39 is 0 Å². The Bertz CT molecular complexity index is 684. The standard InChI is InChI=1S/C24H31FO/c1-3-5-19-10-12-21(13-11-19)23-15-14-22(16-24(23)25)26-17-20-8-6-18(4-2)7-9-20/h10-16,18,20H,3-9,17H2,1-2H3. The molecule has 2 aromatic rings. The molecule has 1 aliphatic rings. The molecule has 1 fully saturated rings. The second-order valence-electron chi connectivity index (χ2n) is 7.69. The van der Waals surface area contributed by atoms with Crippen LogP contribution in [0.15, 0.2) is 42.5 Å². The van der Waals surface area contributed by atoms with E-state index in [9.17, 15) is 4.39 Å². The minimum atomic E-state index is -0.208. The van der Waals surface area contributed by atoms with Crippen molar-refractivity contribution in [3.8, 4) is 16.9 Å². The molecule has 2 aromatic carbocycles. The average Bonchev–Trinajstić information content (AvgIpc) is 2.68. The summed E-state index contributed by atoms with van der Waals surface area (Å²) in [5.74, 6) is 1.95. The quantitative estimate of drug-likeness (QED) is 0.518. The molecule has 0 amide bonds. The van der Waals surface area contributed by atoms with E-state index in [0.29, 0.717) is 23.8 Å². The minimum absolute atomic E-state index is 0.208. The molecule has 140 valence electrons. The van der Waals surface area contributed by atoms with Gasteiger partial charge in [-0.2, -0.15) is 0 Å². The SMILES string of the molecule is CCCc1ccc(-c2ccc(OCC3CCC(CC)CC3)cc2F)cc1. The number of benzene rings is 2. The molecule has 0 aromatic heterocycles. The molecule has 1 saturated carbocycles. The molecular weight excluding hydrogens is 323 g/mol. The first-order valence-corrected chi connectivity index (χ1v) is 10.2. The van der Waals surface area contributed by atoms with Gasteiger partial charge in [0, 0.05) is 11.6 Å². The van der Waals surface area contributed by atoms with Crippen LogP contribution in [0.1, 0.15) is 57.9 Å². The molecule has 1 aliphatic carbocycles. The fourth-order valence-corrected chi connectivity index (χ4v) is 3.98. The van der Waals surface area contributed by atoms with Gasteiger partial charge in [-0.25, -0.2) is 4.39 Å². The Balaban J connectivity index is 1.59. The molecule has 0 bridgehead atoms. The molecule has 0 radical (unpaired) electrons. The van der Waals surface area contributed by atoms with E-state index in [2.05, 4.69) is 26.0 Å². The average molecular weight is 355 g/mol. The van der Waals surface area contributed by atoms with Gasteiger partial charge in [0.2, 0.25) is 0 Å². The number of ether oxygens (including phenoxy) is 1. The Kier molecular flexibility index (Phi) is 6.71. The van der Waals surface area contributed by atoms with Crippen molar-refractivity contribution < 1.29 is 9.13 Å². The lowest BCUT2D eigenvalue weighted by Gasteiger charge is -2.27. The highest BCUT2D eigenvalue weighted by atomic mass is 19.1. The van der Waals surface area contributed by atoms with E-state index in [1.165, 1.54) is 43.7 Å². The number of aryl methyl sites for hydroxylation is 1. The lowest BCUT2D eigenvalue weighted by Crippen LogP contribution is -2.19. The third kappa shape index (κ3) is 4.87. The van der Waals surface area contributed by atoms with Crippen LogP contribution in [0.5, 0.6) is 5.75 Å². The Labute approximate surface area is 157 Å². The molecule has 0 spiro atoms. The van der Waals surface area contributed by atoms with E-state index >= 15 is 0 Å².